The Hall–Kier alpha value is -5.17. The van der Waals surface area contributed by atoms with Gasteiger partial charge in [-0.3, -0.25) is 4.79 Å². The summed E-state index contributed by atoms with van der Waals surface area (Å²) < 4.78 is 41.8. The van der Waals surface area contributed by atoms with Crippen molar-refractivity contribution in [3.05, 3.63) is 75.7 Å². The fourth-order valence-corrected chi connectivity index (χ4v) is 6.00. The molecule has 0 aliphatic carbocycles. The molecule has 0 saturated heterocycles. The van der Waals surface area contributed by atoms with Crippen LogP contribution in [0, 0.1) is 13.8 Å². The first-order valence-corrected chi connectivity index (χ1v) is 16.1. The number of benzene rings is 3. The van der Waals surface area contributed by atoms with Gasteiger partial charge in [-0.1, -0.05) is 41.6 Å². The van der Waals surface area contributed by atoms with Gasteiger partial charge in [0.15, 0.2) is 34.3 Å². The molecule has 12 nitrogen and oxygen atoms in total. The van der Waals surface area contributed by atoms with Crippen LogP contribution in [-0.2, 0) is 0 Å². The highest BCUT2D eigenvalue weighted by Gasteiger charge is 2.23. The van der Waals surface area contributed by atoms with E-state index in [1.165, 1.54) is 47.2 Å². The minimum Gasteiger partial charge on any atom is -0.493 e. The molecule has 0 radical (unpaired) electrons. The Morgan fingerprint density at radius 1 is 0.833 bits per heavy atom. The van der Waals surface area contributed by atoms with Gasteiger partial charge in [-0.05, 0) is 44.4 Å². The number of aromatic nitrogens is 3. The van der Waals surface area contributed by atoms with E-state index in [0.717, 1.165) is 24.2 Å². The van der Waals surface area contributed by atoms with Crippen LogP contribution >= 0.6 is 11.8 Å². The Kier molecular flexibility index (Phi) is 11.1. The molecular formula is C35H38N4O8S. The highest BCUT2D eigenvalue weighted by atomic mass is 32.2. The molecule has 2 heterocycles. The summed E-state index contributed by atoms with van der Waals surface area (Å²) in [5.41, 5.74) is 2.69. The SMILES string of the molecule is COc1cc(-c2cc(=O)c3c(OC)c(OCCCCSc4nnc(C)n4N=Cc4cccc(C)c4)c(OC)cc3o2)cc(OC)c1OC. The van der Waals surface area contributed by atoms with E-state index in [2.05, 4.69) is 21.4 Å². The summed E-state index contributed by atoms with van der Waals surface area (Å²) in [6.45, 7) is 4.29. The average molecular weight is 675 g/mol. The topological polar surface area (TPSA) is 129 Å². The molecule has 0 aliphatic heterocycles. The Morgan fingerprint density at radius 3 is 2.21 bits per heavy atom. The van der Waals surface area contributed by atoms with Gasteiger partial charge >= 0.3 is 0 Å². The molecule has 0 bridgehead atoms. The molecule has 0 unspecified atom stereocenters. The van der Waals surface area contributed by atoms with Crippen LogP contribution in [0.5, 0.6) is 34.5 Å². The Balaban J connectivity index is 1.29. The lowest BCUT2D eigenvalue weighted by molar-refractivity contribution is 0.271. The highest BCUT2D eigenvalue weighted by Crippen LogP contribution is 2.45. The lowest BCUT2D eigenvalue weighted by atomic mass is 10.1. The van der Waals surface area contributed by atoms with Crippen LogP contribution in [0.1, 0.15) is 29.8 Å². The number of fused-ring (bicyclic) bond motifs is 1. The van der Waals surface area contributed by atoms with Crippen molar-refractivity contribution in [2.24, 2.45) is 5.10 Å². The number of thioether (sulfide) groups is 1. The van der Waals surface area contributed by atoms with Gasteiger partial charge in [0, 0.05) is 23.4 Å². The molecule has 0 fully saturated rings. The summed E-state index contributed by atoms with van der Waals surface area (Å²) in [4.78, 5) is 13.5. The molecule has 5 aromatic rings. The predicted octanol–water partition coefficient (Wildman–Crippen LogP) is 6.54. The van der Waals surface area contributed by atoms with Crippen molar-refractivity contribution in [1.82, 2.24) is 14.9 Å². The molecule has 0 amide bonds. The summed E-state index contributed by atoms with van der Waals surface area (Å²) >= 11 is 1.57. The molecule has 5 rings (SSSR count). The van der Waals surface area contributed by atoms with Crippen molar-refractivity contribution in [3.63, 3.8) is 0 Å². The van der Waals surface area contributed by atoms with Gasteiger partial charge in [0.1, 0.15) is 16.7 Å². The van der Waals surface area contributed by atoms with Gasteiger partial charge in [-0.15, -0.1) is 10.2 Å². The zero-order valence-electron chi connectivity index (χ0n) is 28.0. The molecule has 0 aliphatic rings. The van der Waals surface area contributed by atoms with E-state index in [4.69, 9.17) is 32.8 Å². The van der Waals surface area contributed by atoms with E-state index in [9.17, 15) is 4.79 Å². The normalized spacial score (nSPS) is 11.2. The van der Waals surface area contributed by atoms with Crippen molar-refractivity contribution in [2.75, 3.05) is 47.9 Å². The third-order valence-electron chi connectivity index (χ3n) is 7.42. The van der Waals surface area contributed by atoms with Crippen LogP contribution in [0.25, 0.3) is 22.3 Å². The second-order valence-electron chi connectivity index (χ2n) is 10.6. The second-order valence-corrected chi connectivity index (χ2v) is 11.7. The molecule has 3 aromatic carbocycles. The number of unbranched alkanes of at least 4 members (excludes halogenated alkanes) is 1. The van der Waals surface area contributed by atoms with Gasteiger partial charge in [-0.2, -0.15) is 9.78 Å². The number of rotatable bonds is 15. The molecule has 13 heteroatoms. The quantitative estimate of drug-likeness (QED) is 0.0682. The van der Waals surface area contributed by atoms with E-state index in [-0.39, 0.29) is 22.1 Å². The first-order valence-electron chi connectivity index (χ1n) is 15.1. The monoisotopic (exact) mass is 674 g/mol. The molecular weight excluding hydrogens is 636 g/mol. The van der Waals surface area contributed by atoms with E-state index in [1.807, 2.05) is 32.0 Å². The van der Waals surface area contributed by atoms with Gasteiger partial charge in [0.25, 0.3) is 0 Å². The molecule has 48 heavy (non-hydrogen) atoms. The van der Waals surface area contributed by atoms with E-state index in [1.54, 1.807) is 40.9 Å². The Bertz CT molecular complexity index is 1960. The lowest BCUT2D eigenvalue weighted by Gasteiger charge is -2.17. The van der Waals surface area contributed by atoms with Crippen LogP contribution < -0.4 is 33.8 Å². The third-order valence-corrected chi connectivity index (χ3v) is 8.42. The number of ether oxygens (including phenoxy) is 6. The molecule has 0 atom stereocenters. The maximum absolute atomic E-state index is 13.5. The number of nitrogens with zero attached hydrogens (tertiary/aromatic N) is 4. The fourth-order valence-electron chi connectivity index (χ4n) is 5.07. The molecule has 0 N–H and O–H groups in total. The molecule has 252 valence electrons. The zero-order valence-corrected chi connectivity index (χ0v) is 28.8. The first-order chi connectivity index (χ1) is 23.3. The lowest BCUT2D eigenvalue weighted by Crippen LogP contribution is -2.07. The van der Waals surface area contributed by atoms with Crippen molar-refractivity contribution < 1.29 is 32.8 Å². The van der Waals surface area contributed by atoms with Crippen LogP contribution in [-0.4, -0.2) is 69.0 Å². The average Bonchev–Trinajstić information content (AvgIpc) is 3.45. The van der Waals surface area contributed by atoms with Crippen LogP contribution in [0.4, 0.5) is 0 Å². The summed E-state index contributed by atoms with van der Waals surface area (Å²) in [7, 11) is 7.55. The van der Waals surface area contributed by atoms with Gasteiger partial charge in [-0.25, -0.2) is 0 Å². The zero-order chi connectivity index (χ0) is 34.2. The number of methoxy groups -OCH3 is 5. The predicted molar refractivity (Wildman–Crippen MR) is 185 cm³/mol. The number of hydrogen-bond acceptors (Lipinski definition) is 12. The van der Waals surface area contributed by atoms with Gasteiger partial charge in [0.05, 0.1) is 48.4 Å². The molecule has 0 saturated carbocycles. The Morgan fingerprint density at radius 2 is 1.54 bits per heavy atom. The summed E-state index contributed by atoms with van der Waals surface area (Å²) in [5, 5.41) is 14.0. The number of aryl methyl sites for hydroxylation is 2. The van der Waals surface area contributed by atoms with Crippen molar-refractivity contribution >= 4 is 28.9 Å². The summed E-state index contributed by atoms with van der Waals surface area (Å²) in [6.07, 6.45) is 3.36. The maximum Gasteiger partial charge on any atom is 0.212 e. The van der Waals surface area contributed by atoms with E-state index < -0.39 is 0 Å². The fraction of sp³-hybridized carbons (Fsp3) is 0.314. The van der Waals surface area contributed by atoms with Crippen molar-refractivity contribution in [2.45, 2.75) is 31.8 Å². The smallest absolute Gasteiger partial charge is 0.212 e. The highest BCUT2D eigenvalue weighted by molar-refractivity contribution is 7.99. The largest absolute Gasteiger partial charge is 0.493 e. The molecule has 2 aromatic heterocycles. The van der Waals surface area contributed by atoms with Gasteiger partial charge in [0.2, 0.25) is 16.7 Å². The third kappa shape index (κ3) is 7.36. The summed E-state index contributed by atoms with van der Waals surface area (Å²) in [6, 6.07) is 14.6. The second kappa shape index (κ2) is 15.6. The van der Waals surface area contributed by atoms with Crippen molar-refractivity contribution in [1.29, 1.82) is 0 Å². The maximum atomic E-state index is 13.5. The minimum absolute atomic E-state index is 0.235. The Labute approximate surface area is 282 Å². The van der Waals surface area contributed by atoms with Crippen molar-refractivity contribution in [3.8, 4) is 45.8 Å². The standard InChI is InChI=1S/C35H38N4O8S/c1-21-11-10-12-23(15-21)20-36-39-22(2)37-38-35(39)48-14-9-8-13-46-33-30(43-5)19-27-31(34(33)45-7)25(40)18-26(47-27)24-16-28(41-3)32(44-6)29(17-24)42-4/h10-12,15-20H,8-9,13-14H2,1-7H3. The van der Waals surface area contributed by atoms with Crippen LogP contribution in [0.3, 0.4) is 0 Å². The van der Waals surface area contributed by atoms with Crippen LogP contribution in [0.15, 0.2) is 68.0 Å². The van der Waals surface area contributed by atoms with Gasteiger partial charge < -0.3 is 32.8 Å². The van der Waals surface area contributed by atoms with E-state index in [0.29, 0.717) is 57.7 Å². The molecule has 0 spiro atoms. The first kappa shape index (κ1) is 34.2. The summed E-state index contributed by atoms with van der Waals surface area (Å²) in [5.74, 6) is 4.00. The van der Waals surface area contributed by atoms with Crippen LogP contribution in [0.2, 0.25) is 0 Å². The number of hydrogen-bond donors (Lipinski definition) is 0. The van der Waals surface area contributed by atoms with E-state index >= 15 is 0 Å². The minimum atomic E-state index is -0.315.